The molecule has 0 aliphatic carbocycles. The molecule has 6 heteroatoms. The second-order valence-corrected chi connectivity index (χ2v) is 7.14. The van der Waals surface area contributed by atoms with Crippen LogP contribution in [-0.4, -0.2) is 15.2 Å². The zero-order valence-corrected chi connectivity index (χ0v) is 14.1. The summed E-state index contributed by atoms with van der Waals surface area (Å²) in [7, 11) is 0. The Morgan fingerprint density at radius 3 is 2.39 bits per heavy atom. The van der Waals surface area contributed by atoms with Gasteiger partial charge in [0.1, 0.15) is 5.69 Å². The van der Waals surface area contributed by atoms with Crippen LogP contribution in [0.25, 0.3) is 0 Å². The van der Waals surface area contributed by atoms with Gasteiger partial charge in [0.2, 0.25) is 0 Å². The molecule has 124 valence electrons. The smallest absolute Gasteiger partial charge is 0.250 e. The Morgan fingerprint density at radius 2 is 1.78 bits per heavy atom. The van der Waals surface area contributed by atoms with Crippen molar-refractivity contribution in [2.45, 2.75) is 50.1 Å². The van der Waals surface area contributed by atoms with Crippen LogP contribution in [-0.2, 0) is 19.0 Å². The zero-order chi connectivity index (χ0) is 17.0. The Bertz CT molecular complexity index is 669. The van der Waals surface area contributed by atoms with Crippen LogP contribution in [0.5, 0.6) is 0 Å². The van der Waals surface area contributed by atoms with Gasteiger partial charge in [-0.1, -0.05) is 26.0 Å². The average Bonchev–Trinajstić information content (AvgIpc) is 2.45. The zero-order valence-electron chi connectivity index (χ0n) is 13.3. The number of aromatic nitrogens is 2. The van der Waals surface area contributed by atoms with Gasteiger partial charge < -0.3 is 0 Å². The van der Waals surface area contributed by atoms with E-state index in [0.29, 0.717) is 17.4 Å². The molecule has 2 aromatic rings. The SMILES string of the molecule is Cc1nc(C(F)(F)F)ccc1CCc1cccnc1SC(C)C. The molecule has 0 spiro atoms. The summed E-state index contributed by atoms with van der Waals surface area (Å²) < 4.78 is 38.0. The Labute approximate surface area is 138 Å². The maximum Gasteiger partial charge on any atom is 0.433 e. The van der Waals surface area contributed by atoms with Crippen LogP contribution in [0, 0.1) is 6.92 Å². The van der Waals surface area contributed by atoms with Crippen molar-refractivity contribution in [3.63, 3.8) is 0 Å². The minimum Gasteiger partial charge on any atom is -0.250 e. The Hall–Kier alpha value is -1.56. The number of alkyl halides is 3. The summed E-state index contributed by atoms with van der Waals surface area (Å²) in [6, 6.07) is 6.48. The van der Waals surface area contributed by atoms with E-state index in [2.05, 4.69) is 23.8 Å². The molecule has 0 aromatic carbocycles. The average molecular weight is 340 g/mol. The predicted octanol–water partition coefficient (Wildman–Crippen LogP) is 5.09. The van der Waals surface area contributed by atoms with E-state index in [4.69, 9.17) is 0 Å². The molecule has 0 fully saturated rings. The maximum absolute atomic E-state index is 12.7. The maximum atomic E-state index is 12.7. The molecular weight excluding hydrogens is 321 g/mol. The van der Waals surface area contributed by atoms with Crippen LogP contribution in [0.2, 0.25) is 0 Å². The van der Waals surface area contributed by atoms with E-state index in [0.717, 1.165) is 28.6 Å². The molecule has 0 saturated carbocycles. The van der Waals surface area contributed by atoms with Crippen LogP contribution in [0.4, 0.5) is 13.2 Å². The Balaban J connectivity index is 2.13. The van der Waals surface area contributed by atoms with E-state index in [1.807, 2.05) is 12.1 Å². The molecule has 2 heterocycles. The topological polar surface area (TPSA) is 25.8 Å². The lowest BCUT2D eigenvalue weighted by molar-refractivity contribution is -0.141. The van der Waals surface area contributed by atoms with Gasteiger partial charge in [0.15, 0.2) is 0 Å². The number of hydrogen-bond acceptors (Lipinski definition) is 3. The molecule has 0 aliphatic heterocycles. The fourth-order valence-electron chi connectivity index (χ4n) is 2.23. The largest absolute Gasteiger partial charge is 0.433 e. The molecule has 23 heavy (non-hydrogen) atoms. The van der Waals surface area contributed by atoms with E-state index in [1.54, 1.807) is 24.9 Å². The van der Waals surface area contributed by atoms with E-state index >= 15 is 0 Å². The van der Waals surface area contributed by atoms with Gasteiger partial charge in [-0.15, -0.1) is 11.8 Å². The molecule has 2 nitrogen and oxygen atoms in total. The third-order valence-electron chi connectivity index (χ3n) is 3.35. The van der Waals surface area contributed by atoms with Crippen molar-refractivity contribution in [3.8, 4) is 0 Å². The van der Waals surface area contributed by atoms with Crippen LogP contribution in [0.15, 0.2) is 35.5 Å². The Kier molecular flexibility index (Phi) is 5.68. The fourth-order valence-corrected chi connectivity index (χ4v) is 3.11. The number of pyridine rings is 2. The normalized spacial score (nSPS) is 12.0. The minimum atomic E-state index is -4.40. The molecule has 0 amide bonds. The van der Waals surface area contributed by atoms with Crippen molar-refractivity contribution in [2.24, 2.45) is 0 Å². The lowest BCUT2D eigenvalue weighted by Crippen LogP contribution is -2.10. The summed E-state index contributed by atoms with van der Waals surface area (Å²) in [5.74, 6) is 0. The highest BCUT2D eigenvalue weighted by molar-refractivity contribution is 7.99. The number of nitrogens with zero attached hydrogens (tertiary/aromatic N) is 2. The van der Waals surface area contributed by atoms with Gasteiger partial charge in [-0.3, -0.25) is 0 Å². The van der Waals surface area contributed by atoms with Crippen LogP contribution < -0.4 is 0 Å². The lowest BCUT2D eigenvalue weighted by Gasteiger charge is -2.12. The highest BCUT2D eigenvalue weighted by atomic mass is 32.2. The van der Waals surface area contributed by atoms with Gasteiger partial charge in [0.05, 0.1) is 5.03 Å². The van der Waals surface area contributed by atoms with Gasteiger partial charge >= 0.3 is 6.18 Å². The van der Waals surface area contributed by atoms with Crippen molar-refractivity contribution in [1.29, 1.82) is 0 Å². The summed E-state index contributed by atoms with van der Waals surface area (Å²) in [4.78, 5) is 8.08. The molecule has 2 rings (SSSR count). The summed E-state index contributed by atoms with van der Waals surface area (Å²) >= 11 is 1.69. The summed E-state index contributed by atoms with van der Waals surface area (Å²) in [6.45, 7) is 5.83. The molecule has 0 atom stereocenters. The van der Waals surface area contributed by atoms with Gasteiger partial charge in [-0.05, 0) is 43.0 Å². The van der Waals surface area contributed by atoms with E-state index < -0.39 is 11.9 Å². The predicted molar refractivity (Wildman–Crippen MR) is 86.6 cm³/mol. The molecule has 0 radical (unpaired) electrons. The number of rotatable bonds is 5. The van der Waals surface area contributed by atoms with Gasteiger partial charge in [-0.2, -0.15) is 13.2 Å². The van der Waals surface area contributed by atoms with E-state index in [1.165, 1.54) is 6.07 Å². The number of halogens is 3. The first-order chi connectivity index (χ1) is 10.8. The minimum absolute atomic E-state index is 0.429. The first kappa shape index (κ1) is 17.8. The van der Waals surface area contributed by atoms with Gasteiger partial charge in [0, 0.05) is 17.1 Å². The molecule has 2 aromatic heterocycles. The molecule has 0 N–H and O–H groups in total. The monoisotopic (exact) mass is 340 g/mol. The van der Waals surface area contributed by atoms with E-state index in [9.17, 15) is 13.2 Å². The first-order valence-corrected chi connectivity index (χ1v) is 8.29. The fraction of sp³-hybridized carbons (Fsp3) is 0.412. The van der Waals surface area contributed by atoms with E-state index in [-0.39, 0.29) is 0 Å². The molecule has 0 unspecified atom stereocenters. The molecular formula is C17H19F3N2S. The summed E-state index contributed by atoms with van der Waals surface area (Å²) in [6.07, 6.45) is -1.25. The molecule has 0 aliphatic rings. The van der Waals surface area contributed by atoms with Crippen LogP contribution in [0.3, 0.4) is 0 Å². The molecule has 0 saturated heterocycles. The van der Waals surface area contributed by atoms with Crippen molar-refractivity contribution >= 4 is 11.8 Å². The van der Waals surface area contributed by atoms with Gasteiger partial charge in [-0.25, -0.2) is 9.97 Å². The van der Waals surface area contributed by atoms with Crippen molar-refractivity contribution in [2.75, 3.05) is 0 Å². The van der Waals surface area contributed by atoms with Crippen LogP contribution >= 0.6 is 11.8 Å². The first-order valence-electron chi connectivity index (χ1n) is 7.41. The second-order valence-electron chi connectivity index (χ2n) is 5.57. The highest BCUT2D eigenvalue weighted by Crippen LogP contribution is 2.29. The Morgan fingerprint density at radius 1 is 1.09 bits per heavy atom. The third kappa shape index (κ3) is 4.96. The number of thioether (sulfide) groups is 1. The summed E-state index contributed by atoms with van der Waals surface area (Å²) in [5, 5.41) is 1.41. The molecule has 0 bridgehead atoms. The standard InChI is InChI=1S/C17H19F3N2S/c1-11(2)23-16-14(5-4-10-21-16)7-6-13-8-9-15(17(18,19)20)22-12(13)3/h4-5,8-11H,6-7H2,1-3H3. The lowest BCUT2D eigenvalue weighted by atomic mass is 10.0. The van der Waals surface area contributed by atoms with Crippen molar-refractivity contribution < 1.29 is 13.2 Å². The van der Waals surface area contributed by atoms with Crippen LogP contribution in [0.1, 0.15) is 36.4 Å². The van der Waals surface area contributed by atoms with Gasteiger partial charge in [0.25, 0.3) is 0 Å². The van der Waals surface area contributed by atoms with Crippen molar-refractivity contribution in [3.05, 3.63) is 53.0 Å². The second kappa shape index (κ2) is 7.34. The highest BCUT2D eigenvalue weighted by Gasteiger charge is 2.32. The van der Waals surface area contributed by atoms with Crippen molar-refractivity contribution in [1.82, 2.24) is 9.97 Å². The number of aryl methyl sites for hydroxylation is 3. The number of hydrogen-bond donors (Lipinski definition) is 0. The summed E-state index contributed by atoms with van der Waals surface area (Å²) in [5.41, 5.74) is 1.55. The third-order valence-corrected chi connectivity index (χ3v) is 4.41. The quantitative estimate of drug-likeness (QED) is 0.709.